The van der Waals surface area contributed by atoms with Gasteiger partial charge in [-0.3, -0.25) is 0 Å². The molecule has 0 spiro atoms. The number of aromatic nitrogens is 2. The second kappa shape index (κ2) is 6.95. The normalized spacial score (nSPS) is 12.5. The van der Waals surface area contributed by atoms with Gasteiger partial charge in [0.15, 0.2) is 0 Å². The number of aliphatic hydroxyl groups is 1. The molecule has 1 heterocycles. The Morgan fingerprint density at radius 1 is 1.47 bits per heavy atom. The molecule has 1 aromatic rings. The first-order chi connectivity index (χ1) is 7.26. The van der Waals surface area contributed by atoms with E-state index in [1.165, 1.54) is 0 Å². The summed E-state index contributed by atoms with van der Waals surface area (Å²) in [6.45, 7) is 3.18. The molecule has 2 N–H and O–H groups in total. The highest BCUT2D eigenvalue weighted by Gasteiger charge is 2.05. The molecular weight excluding hydrogens is 305 g/mol. The van der Waals surface area contributed by atoms with E-state index in [0.29, 0.717) is 11.9 Å². The number of nitrogens with one attached hydrogen (secondary N) is 1. The van der Waals surface area contributed by atoms with Crippen LogP contribution in [0.15, 0.2) is 12.4 Å². The number of aliphatic hydroxyl groups excluding tert-OH is 1. The highest BCUT2D eigenvalue weighted by molar-refractivity contribution is 14.1. The maximum atomic E-state index is 8.84. The lowest BCUT2D eigenvalue weighted by atomic mass is 10.0. The van der Waals surface area contributed by atoms with E-state index in [-0.39, 0.29) is 6.61 Å². The van der Waals surface area contributed by atoms with E-state index in [0.717, 1.165) is 23.0 Å². The lowest BCUT2D eigenvalue weighted by molar-refractivity contribution is 0.258. The molecule has 4 nitrogen and oxygen atoms in total. The van der Waals surface area contributed by atoms with Crippen molar-refractivity contribution in [2.45, 2.75) is 19.8 Å². The van der Waals surface area contributed by atoms with Crippen LogP contribution in [-0.2, 0) is 0 Å². The molecular formula is C10H16IN3O. The molecule has 1 unspecified atom stereocenters. The average molecular weight is 321 g/mol. The molecule has 0 aliphatic carbocycles. The van der Waals surface area contributed by atoms with Gasteiger partial charge in [-0.15, -0.1) is 0 Å². The lowest BCUT2D eigenvalue weighted by Crippen LogP contribution is -2.16. The Bertz CT molecular complexity index is 279. The molecule has 84 valence electrons. The van der Waals surface area contributed by atoms with Crippen LogP contribution in [0.2, 0.25) is 0 Å². The van der Waals surface area contributed by atoms with Crippen molar-refractivity contribution < 1.29 is 5.11 Å². The third kappa shape index (κ3) is 4.74. The SMILES string of the molecule is CCC(CCO)CNc1ncc(I)cn1. The summed E-state index contributed by atoms with van der Waals surface area (Å²) in [6, 6.07) is 0. The second-order valence-corrected chi connectivity index (χ2v) is 4.64. The van der Waals surface area contributed by atoms with Crippen molar-refractivity contribution in [3.8, 4) is 0 Å². The Balaban J connectivity index is 2.38. The summed E-state index contributed by atoms with van der Waals surface area (Å²) in [5, 5.41) is 12.0. The Kier molecular flexibility index (Phi) is 5.85. The number of halogens is 1. The van der Waals surface area contributed by atoms with Crippen LogP contribution in [0.3, 0.4) is 0 Å². The fourth-order valence-electron chi connectivity index (χ4n) is 1.27. The summed E-state index contributed by atoms with van der Waals surface area (Å²) >= 11 is 2.17. The van der Waals surface area contributed by atoms with E-state index in [4.69, 9.17) is 5.11 Å². The van der Waals surface area contributed by atoms with Crippen molar-refractivity contribution in [3.05, 3.63) is 16.0 Å². The molecule has 15 heavy (non-hydrogen) atoms. The van der Waals surface area contributed by atoms with E-state index < -0.39 is 0 Å². The van der Waals surface area contributed by atoms with Gasteiger partial charge in [-0.2, -0.15) is 0 Å². The van der Waals surface area contributed by atoms with Gasteiger partial charge in [0.1, 0.15) is 0 Å². The molecule has 1 aromatic heterocycles. The van der Waals surface area contributed by atoms with Crippen LogP contribution in [0.4, 0.5) is 5.95 Å². The van der Waals surface area contributed by atoms with Crippen molar-refractivity contribution in [1.29, 1.82) is 0 Å². The predicted molar refractivity (Wildman–Crippen MR) is 68.7 cm³/mol. The zero-order chi connectivity index (χ0) is 11.1. The molecule has 0 amide bonds. The van der Waals surface area contributed by atoms with E-state index >= 15 is 0 Å². The Morgan fingerprint density at radius 3 is 2.67 bits per heavy atom. The van der Waals surface area contributed by atoms with Crippen LogP contribution in [0.1, 0.15) is 19.8 Å². The van der Waals surface area contributed by atoms with Gasteiger partial charge in [-0.05, 0) is 34.9 Å². The van der Waals surface area contributed by atoms with Crippen LogP contribution in [0.5, 0.6) is 0 Å². The number of hydrogen-bond donors (Lipinski definition) is 2. The molecule has 5 heteroatoms. The summed E-state index contributed by atoms with van der Waals surface area (Å²) in [5.41, 5.74) is 0. The zero-order valence-corrected chi connectivity index (χ0v) is 10.9. The van der Waals surface area contributed by atoms with Crippen LogP contribution in [0, 0.1) is 9.49 Å². The fourth-order valence-corrected chi connectivity index (χ4v) is 1.55. The zero-order valence-electron chi connectivity index (χ0n) is 8.78. The van der Waals surface area contributed by atoms with E-state index in [9.17, 15) is 0 Å². The third-order valence-electron chi connectivity index (χ3n) is 2.28. The quantitative estimate of drug-likeness (QED) is 0.786. The second-order valence-electron chi connectivity index (χ2n) is 3.39. The Morgan fingerprint density at radius 2 is 2.13 bits per heavy atom. The molecule has 0 bridgehead atoms. The smallest absolute Gasteiger partial charge is 0.222 e. The maximum absolute atomic E-state index is 8.84. The Hall–Kier alpha value is -0.430. The van der Waals surface area contributed by atoms with Crippen molar-refractivity contribution in [1.82, 2.24) is 9.97 Å². The van der Waals surface area contributed by atoms with Gasteiger partial charge in [-0.1, -0.05) is 13.3 Å². The van der Waals surface area contributed by atoms with Crippen LogP contribution in [-0.4, -0.2) is 28.2 Å². The first kappa shape index (κ1) is 12.6. The minimum atomic E-state index is 0.244. The molecule has 0 aliphatic rings. The van der Waals surface area contributed by atoms with Gasteiger partial charge in [0.25, 0.3) is 0 Å². The fraction of sp³-hybridized carbons (Fsp3) is 0.600. The highest BCUT2D eigenvalue weighted by atomic mass is 127. The van der Waals surface area contributed by atoms with Crippen LogP contribution < -0.4 is 5.32 Å². The lowest BCUT2D eigenvalue weighted by Gasteiger charge is -2.13. The van der Waals surface area contributed by atoms with Gasteiger partial charge in [-0.25, -0.2) is 9.97 Å². The van der Waals surface area contributed by atoms with E-state index in [1.54, 1.807) is 12.4 Å². The summed E-state index contributed by atoms with van der Waals surface area (Å²) in [4.78, 5) is 8.30. The van der Waals surface area contributed by atoms with E-state index in [2.05, 4.69) is 44.8 Å². The first-order valence-corrected chi connectivity index (χ1v) is 6.16. The topological polar surface area (TPSA) is 58.0 Å². The first-order valence-electron chi connectivity index (χ1n) is 5.08. The minimum Gasteiger partial charge on any atom is -0.396 e. The molecule has 0 fully saturated rings. The molecule has 0 saturated heterocycles. The average Bonchev–Trinajstić information content (AvgIpc) is 2.26. The van der Waals surface area contributed by atoms with Crippen molar-refractivity contribution in [3.63, 3.8) is 0 Å². The summed E-state index contributed by atoms with van der Waals surface area (Å²) in [6.07, 6.45) is 5.44. The summed E-state index contributed by atoms with van der Waals surface area (Å²) in [7, 11) is 0. The van der Waals surface area contributed by atoms with Gasteiger partial charge < -0.3 is 10.4 Å². The largest absolute Gasteiger partial charge is 0.396 e. The molecule has 0 aromatic carbocycles. The van der Waals surface area contributed by atoms with Crippen LogP contribution in [0.25, 0.3) is 0 Å². The highest BCUT2D eigenvalue weighted by Crippen LogP contribution is 2.09. The van der Waals surface area contributed by atoms with Gasteiger partial charge >= 0.3 is 0 Å². The molecule has 0 aliphatic heterocycles. The van der Waals surface area contributed by atoms with Crippen molar-refractivity contribution >= 4 is 28.5 Å². The number of rotatable bonds is 6. The monoisotopic (exact) mass is 321 g/mol. The number of anilines is 1. The molecule has 0 radical (unpaired) electrons. The molecule has 1 rings (SSSR count). The van der Waals surface area contributed by atoms with Gasteiger partial charge in [0, 0.05) is 29.1 Å². The molecule has 1 atom stereocenters. The van der Waals surface area contributed by atoms with Gasteiger partial charge in [0.2, 0.25) is 5.95 Å². The standard InChI is InChI=1S/C10H16IN3O/c1-2-8(3-4-15)5-12-10-13-6-9(11)7-14-10/h6-8,15H,2-5H2,1H3,(H,12,13,14). The maximum Gasteiger partial charge on any atom is 0.222 e. The van der Waals surface area contributed by atoms with Crippen LogP contribution >= 0.6 is 22.6 Å². The van der Waals surface area contributed by atoms with Gasteiger partial charge in [0.05, 0.1) is 0 Å². The van der Waals surface area contributed by atoms with Crippen molar-refractivity contribution in [2.24, 2.45) is 5.92 Å². The van der Waals surface area contributed by atoms with E-state index in [1.807, 2.05) is 0 Å². The number of nitrogens with zero attached hydrogens (tertiary/aromatic N) is 2. The summed E-state index contributed by atoms with van der Waals surface area (Å²) in [5.74, 6) is 1.14. The third-order valence-corrected chi connectivity index (χ3v) is 2.84. The molecule has 0 saturated carbocycles. The number of hydrogen-bond acceptors (Lipinski definition) is 4. The predicted octanol–water partition coefficient (Wildman–Crippen LogP) is 1.90. The minimum absolute atomic E-state index is 0.244. The Labute approximate surface area is 104 Å². The van der Waals surface area contributed by atoms with Crippen molar-refractivity contribution in [2.75, 3.05) is 18.5 Å². The summed E-state index contributed by atoms with van der Waals surface area (Å²) < 4.78 is 1.03.